The summed E-state index contributed by atoms with van der Waals surface area (Å²) in [5.74, 6) is 0.215. The molecule has 29 heavy (non-hydrogen) atoms. The number of anilines is 1. The van der Waals surface area contributed by atoms with Crippen LogP contribution >= 0.6 is 0 Å². The topological polar surface area (TPSA) is 67.4 Å². The van der Waals surface area contributed by atoms with E-state index in [1.807, 2.05) is 30.3 Å². The van der Waals surface area contributed by atoms with Crippen molar-refractivity contribution >= 4 is 17.5 Å². The first-order valence-corrected chi connectivity index (χ1v) is 10.5. The van der Waals surface area contributed by atoms with Gasteiger partial charge in [-0.2, -0.15) is 0 Å². The second-order valence-electron chi connectivity index (χ2n) is 7.60. The molecule has 1 unspecified atom stereocenters. The predicted octanol–water partition coefficient (Wildman–Crippen LogP) is 4.72. The molecule has 154 valence electrons. The number of benzene rings is 2. The number of carbonyl (C=O) groups excluding carboxylic acids is 2. The van der Waals surface area contributed by atoms with Gasteiger partial charge < -0.3 is 15.4 Å². The number of amides is 2. The smallest absolute Gasteiger partial charge is 0.265 e. The van der Waals surface area contributed by atoms with Crippen LogP contribution in [0.1, 0.15) is 61.9 Å². The number of para-hydroxylation sites is 1. The van der Waals surface area contributed by atoms with Crippen LogP contribution in [0, 0.1) is 0 Å². The Bertz CT molecular complexity index is 826. The minimum Gasteiger partial charge on any atom is -0.481 e. The Labute approximate surface area is 172 Å². The molecule has 2 amide bonds. The normalized spacial score (nSPS) is 15.4. The van der Waals surface area contributed by atoms with Crippen molar-refractivity contribution in [3.05, 3.63) is 59.7 Å². The fourth-order valence-electron chi connectivity index (χ4n) is 3.60. The molecule has 5 nitrogen and oxygen atoms in total. The number of nitrogens with one attached hydrogen (secondary N) is 2. The molecule has 1 aliphatic carbocycles. The van der Waals surface area contributed by atoms with E-state index < -0.39 is 6.10 Å². The molecule has 0 spiro atoms. The van der Waals surface area contributed by atoms with Crippen molar-refractivity contribution in [1.29, 1.82) is 0 Å². The summed E-state index contributed by atoms with van der Waals surface area (Å²) in [5.41, 5.74) is 2.20. The van der Waals surface area contributed by atoms with Gasteiger partial charge in [0.05, 0.1) is 11.3 Å². The number of aryl methyl sites for hydroxylation is 1. The molecule has 0 heterocycles. The van der Waals surface area contributed by atoms with Crippen LogP contribution in [0.2, 0.25) is 0 Å². The minimum atomic E-state index is -0.683. The van der Waals surface area contributed by atoms with Gasteiger partial charge in [0.1, 0.15) is 5.75 Å². The lowest BCUT2D eigenvalue weighted by atomic mass is 9.95. The molecule has 0 radical (unpaired) electrons. The lowest BCUT2D eigenvalue weighted by Gasteiger charge is -2.23. The Morgan fingerprint density at radius 2 is 1.72 bits per heavy atom. The third kappa shape index (κ3) is 5.83. The largest absolute Gasteiger partial charge is 0.481 e. The average Bonchev–Trinajstić information content (AvgIpc) is 2.75. The van der Waals surface area contributed by atoms with Gasteiger partial charge in [-0.1, -0.05) is 50.5 Å². The van der Waals surface area contributed by atoms with Gasteiger partial charge >= 0.3 is 0 Å². The van der Waals surface area contributed by atoms with E-state index in [9.17, 15) is 9.59 Å². The molecule has 1 atom stereocenters. The third-order valence-corrected chi connectivity index (χ3v) is 5.38. The van der Waals surface area contributed by atoms with Crippen LogP contribution in [0.15, 0.2) is 48.5 Å². The molecule has 1 fully saturated rings. The first-order chi connectivity index (χ1) is 14.1. The summed E-state index contributed by atoms with van der Waals surface area (Å²) in [6.07, 6.45) is 5.84. The highest BCUT2D eigenvalue weighted by molar-refractivity contribution is 6.04. The highest BCUT2D eigenvalue weighted by Gasteiger charge is 2.21. The zero-order chi connectivity index (χ0) is 20.6. The summed E-state index contributed by atoms with van der Waals surface area (Å²) in [6.45, 7) is 3.79. The van der Waals surface area contributed by atoms with E-state index in [0.29, 0.717) is 17.0 Å². The van der Waals surface area contributed by atoms with E-state index in [1.165, 1.54) is 12.0 Å². The highest BCUT2D eigenvalue weighted by atomic mass is 16.5. The molecule has 1 saturated carbocycles. The maximum Gasteiger partial charge on any atom is 0.265 e. The van der Waals surface area contributed by atoms with Crippen molar-refractivity contribution in [2.75, 3.05) is 5.32 Å². The molecule has 2 N–H and O–H groups in total. The summed E-state index contributed by atoms with van der Waals surface area (Å²) < 4.78 is 5.76. The first-order valence-electron chi connectivity index (χ1n) is 10.5. The monoisotopic (exact) mass is 394 g/mol. The van der Waals surface area contributed by atoms with Gasteiger partial charge in [-0.3, -0.25) is 9.59 Å². The number of hydrogen-bond donors (Lipinski definition) is 2. The van der Waals surface area contributed by atoms with Gasteiger partial charge in [0, 0.05) is 6.04 Å². The molecule has 0 aliphatic heterocycles. The van der Waals surface area contributed by atoms with Crippen LogP contribution in [0.3, 0.4) is 0 Å². The molecule has 0 saturated heterocycles. The van der Waals surface area contributed by atoms with E-state index in [-0.39, 0.29) is 17.9 Å². The van der Waals surface area contributed by atoms with E-state index in [2.05, 4.69) is 17.6 Å². The standard InChI is InChI=1S/C24H30N2O3/c1-3-18-13-15-20(16-14-18)29-17(2)23(27)26-22-12-8-7-11-21(22)24(28)25-19-9-5-4-6-10-19/h7-8,11-17,19H,3-6,9-10H2,1-2H3,(H,25,28)(H,26,27). The Kier molecular flexibility index (Phi) is 7.28. The minimum absolute atomic E-state index is 0.142. The predicted molar refractivity (Wildman–Crippen MR) is 115 cm³/mol. The number of ether oxygens (including phenoxy) is 1. The highest BCUT2D eigenvalue weighted by Crippen LogP contribution is 2.21. The lowest BCUT2D eigenvalue weighted by molar-refractivity contribution is -0.122. The molecular weight excluding hydrogens is 364 g/mol. The molecule has 5 heteroatoms. The molecule has 2 aromatic rings. The van der Waals surface area contributed by atoms with Gasteiger partial charge in [-0.15, -0.1) is 0 Å². The summed E-state index contributed by atoms with van der Waals surface area (Å²) in [4.78, 5) is 25.4. The molecule has 0 bridgehead atoms. The SMILES string of the molecule is CCc1ccc(OC(C)C(=O)Nc2ccccc2C(=O)NC2CCCCC2)cc1. The molecular formula is C24H30N2O3. The van der Waals surface area contributed by atoms with Crippen molar-refractivity contribution in [3.63, 3.8) is 0 Å². The molecule has 1 aliphatic rings. The van der Waals surface area contributed by atoms with Crippen LogP contribution in [-0.4, -0.2) is 24.0 Å². The van der Waals surface area contributed by atoms with Crippen LogP contribution in [-0.2, 0) is 11.2 Å². The lowest BCUT2D eigenvalue weighted by Crippen LogP contribution is -2.37. The van der Waals surface area contributed by atoms with Gasteiger partial charge in [0.2, 0.25) is 0 Å². The van der Waals surface area contributed by atoms with Crippen LogP contribution in [0.4, 0.5) is 5.69 Å². The van der Waals surface area contributed by atoms with E-state index in [4.69, 9.17) is 4.74 Å². The molecule has 2 aromatic carbocycles. The Morgan fingerprint density at radius 3 is 2.41 bits per heavy atom. The average molecular weight is 395 g/mol. The summed E-state index contributed by atoms with van der Waals surface area (Å²) in [6, 6.07) is 15.0. The maximum atomic E-state index is 12.7. The van der Waals surface area contributed by atoms with E-state index >= 15 is 0 Å². The number of carbonyl (C=O) groups is 2. The number of hydrogen-bond acceptors (Lipinski definition) is 3. The van der Waals surface area contributed by atoms with E-state index in [1.54, 1.807) is 25.1 Å². The fourth-order valence-corrected chi connectivity index (χ4v) is 3.60. The summed E-state index contributed by atoms with van der Waals surface area (Å²) >= 11 is 0. The fraction of sp³-hybridized carbons (Fsp3) is 0.417. The van der Waals surface area contributed by atoms with Crippen LogP contribution in [0.25, 0.3) is 0 Å². The van der Waals surface area contributed by atoms with Crippen molar-refractivity contribution < 1.29 is 14.3 Å². The summed E-state index contributed by atoms with van der Waals surface area (Å²) in [7, 11) is 0. The van der Waals surface area contributed by atoms with Gasteiger partial charge in [-0.05, 0) is 56.0 Å². The van der Waals surface area contributed by atoms with Crippen LogP contribution < -0.4 is 15.4 Å². The second-order valence-corrected chi connectivity index (χ2v) is 7.60. The van der Waals surface area contributed by atoms with Crippen molar-refractivity contribution in [3.8, 4) is 5.75 Å². The van der Waals surface area contributed by atoms with Crippen molar-refractivity contribution in [2.45, 2.75) is 64.5 Å². The van der Waals surface area contributed by atoms with Crippen LogP contribution in [0.5, 0.6) is 5.75 Å². The maximum absolute atomic E-state index is 12.7. The van der Waals surface area contributed by atoms with Gasteiger partial charge in [0.15, 0.2) is 6.10 Å². The quantitative estimate of drug-likeness (QED) is 0.714. The molecule has 3 rings (SSSR count). The molecule has 0 aromatic heterocycles. The van der Waals surface area contributed by atoms with Crippen molar-refractivity contribution in [1.82, 2.24) is 5.32 Å². The number of rotatable bonds is 7. The first kappa shape index (κ1) is 20.9. The van der Waals surface area contributed by atoms with Gasteiger partial charge in [-0.25, -0.2) is 0 Å². The van der Waals surface area contributed by atoms with Gasteiger partial charge in [0.25, 0.3) is 11.8 Å². The van der Waals surface area contributed by atoms with Crippen molar-refractivity contribution in [2.24, 2.45) is 0 Å². The Morgan fingerprint density at radius 1 is 1.03 bits per heavy atom. The second kappa shape index (κ2) is 10.1. The Hall–Kier alpha value is -2.82. The summed E-state index contributed by atoms with van der Waals surface area (Å²) in [5, 5.41) is 5.95. The zero-order valence-corrected chi connectivity index (χ0v) is 17.2. The Balaban J connectivity index is 1.62. The van der Waals surface area contributed by atoms with E-state index in [0.717, 1.165) is 32.1 Å². The third-order valence-electron chi connectivity index (χ3n) is 5.38. The zero-order valence-electron chi connectivity index (χ0n) is 17.2.